The predicted octanol–water partition coefficient (Wildman–Crippen LogP) is 3.87. The van der Waals surface area contributed by atoms with Gasteiger partial charge in [0.15, 0.2) is 11.5 Å². The Morgan fingerprint density at radius 3 is 2.87 bits per heavy atom. The van der Waals surface area contributed by atoms with Gasteiger partial charge in [0.05, 0.1) is 11.8 Å². The van der Waals surface area contributed by atoms with Gasteiger partial charge in [0, 0.05) is 0 Å². The normalized spacial score (nSPS) is 19.7. The molecule has 1 aliphatic carbocycles. The van der Waals surface area contributed by atoms with E-state index in [-0.39, 0.29) is 17.7 Å². The van der Waals surface area contributed by atoms with E-state index in [1.165, 1.54) is 22.9 Å². The van der Waals surface area contributed by atoms with Gasteiger partial charge in [-0.1, -0.05) is 48.2 Å². The van der Waals surface area contributed by atoms with Crippen LogP contribution < -0.4 is 14.8 Å². The van der Waals surface area contributed by atoms with Crippen LogP contribution in [0.5, 0.6) is 11.5 Å². The summed E-state index contributed by atoms with van der Waals surface area (Å²) in [6, 6.07) is 15.8. The van der Waals surface area contributed by atoms with Gasteiger partial charge in [0.25, 0.3) is 11.1 Å². The first-order chi connectivity index (χ1) is 14.8. The SMILES string of the molecule is O=C(CSc1nnc(C2COc3ccccc3O2)o1)NC1CCCc2ccccc21. The Balaban J connectivity index is 1.16. The van der Waals surface area contributed by atoms with Gasteiger partial charge in [0.2, 0.25) is 12.0 Å². The van der Waals surface area contributed by atoms with Gasteiger partial charge in [-0.15, -0.1) is 10.2 Å². The number of benzene rings is 2. The molecule has 0 saturated carbocycles. The number of aromatic nitrogens is 2. The average Bonchev–Trinajstić information content (AvgIpc) is 3.27. The lowest BCUT2D eigenvalue weighted by Gasteiger charge is -2.26. The minimum Gasteiger partial charge on any atom is -0.485 e. The molecule has 1 aliphatic heterocycles. The second kappa shape index (κ2) is 8.39. The average molecular weight is 423 g/mol. The molecule has 154 valence electrons. The highest BCUT2D eigenvalue weighted by molar-refractivity contribution is 7.99. The van der Waals surface area contributed by atoms with E-state index >= 15 is 0 Å². The number of hydrogen-bond donors (Lipinski definition) is 1. The third-order valence-electron chi connectivity index (χ3n) is 5.24. The van der Waals surface area contributed by atoms with E-state index < -0.39 is 6.10 Å². The Morgan fingerprint density at radius 2 is 1.93 bits per heavy atom. The van der Waals surface area contributed by atoms with Crippen LogP contribution in [0.2, 0.25) is 0 Å². The maximum absolute atomic E-state index is 12.5. The fourth-order valence-electron chi connectivity index (χ4n) is 3.82. The van der Waals surface area contributed by atoms with Crippen LogP contribution in [0.1, 0.15) is 42.0 Å². The Bertz CT molecular complexity index is 1050. The van der Waals surface area contributed by atoms with Crippen molar-refractivity contribution in [1.82, 2.24) is 15.5 Å². The summed E-state index contributed by atoms with van der Waals surface area (Å²) in [5.74, 6) is 1.85. The Labute approximate surface area is 178 Å². The third kappa shape index (κ3) is 4.00. The van der Waals surface area contributed by atoms with Gasteiger partial charge in [-0.2, -0.15) is 0 Å². The second-order valence-corrected chi connectivity index (χ2v) is 8.20. The molecule has 0 bridgehead atoms. The first-order valence-corrected chi connectivity index (χ1v) is 11.0. The molecule has 2 aromatic carbocycles. The molecule has 5 rings (SSSR count). The van der Waals surface area contributed by atoms with Crippen LogP contribution in [-0.2, 0) is 11.2 Å². The number of thioether (sulfide) groups is 1. The van der Waals surface area contributed by atoms with Crippen LogP contribution in [0.3, 0.4) is 0 Å². The maximum atomic E-state index is 12.5. The molecular formula is C22H21N3O4S. The van der Waals surface area contributed by atoms with Crippen LogP contribution in [0.4, 0.5) is 0 Å². The zero-order chi connectivity index (χ0) is 20.3. The molecule has 0 radical (unpaired) electrons. The van der Waals surface area contributed by atoms with E-state index in [4.69, 9.17) is 13.9 Å². The largest absolute Gasteiger partial charge is 0.485 e. The summed E-state index contributed by atoms with van der Waals surface area (Å²) in [6.07, 6.45) is 2.64. The number of hydrogen-bond acceptors (Lipinski definition) is 7. The number of fused-ring (bicyclic) bond motifs is 2. The summed E-state index contributed by atoms with van der Waals surface area (Å²) in [4.78, 5) is 12.5. The molecule has 2 heterocycles. The first-order valence-electron chi connectivity index (χ1n) is 9.98. The van der Waals surface area contributed by atoms with Crippen LogP contribution in [0.15, 0.2) is 58.2 Å². The fraction of sp³-hybridized carbons (Fsp3) is 0.318. The summed E-state index contributed by atoms with van der Waals surface area (Å²) < 4.78 is 17.3. The van der Waals surface area contributed by atoms with E-state index in [9.17, 15) is 4.79 Å². The summed E-state index contributed by atoms with van der Waals surface area (Å²) >= 11 is 1.22. The van der Waals surface area contributed by atoms with E-state index in [0.717, 1.165) is 19.3 Å². The van der Waals surface area contributed by atoms with Crippen LogP contribution >= 0.6 is 11.8 Å². The van der Waals surface area contributed by atoms with Crippen molar-refractivity contribution in [3.63, 3.8) is 0 Å². The molecule has 0 fully saturated rings. The minimum atomic E-state index is -0.464. The topological polar surface area (TPSA) is 86.5 Å². The van der Waals surface area contributed by atoms with Crippen molar-refractivity contribution >= 4 is 17.7 Å². The van der Waals surface area contributed by atoms with Gasteiger partial charge < -0.3 is 19.2 Å². The van der Waals surface area contributed by atoms with Crippen molar-refractivity contribution in [2.45, 2.75) is 36.6 Å². The molecule has 2 aliphatic rings. The highest BCUT2D eigenvalue weighted by Crippen LogP contribution is 2.36. The summed E-state index contributed by atoms with van der Waals surface area (Å²) in [5.41, 5.74) is 2.54. The van der Waals surface area contributed by atoms with Crippen molar-refractivity contribution in [2.24, 2.45) is 0 Å². The standard InChI is InChI=1S/C22H21N3O4S/c26-20(23-16-9-5-7-14-6-1-2-8-15(14)16)13-30-22-25-24-21(29-22)19-12-27-17-10-3-4-11-18(17)28-19/h1-4,6,8,10-11,16,19H,5,7,9,12-13H2,(H,23,26). The van der Waals surface area contributed by atoms with Crippen molar-refractivity contribution in [3.8, 4) is 11.5 Å². The first kappa shape index (κ1) is 19.0. The van der Waals surface area contributed by atoms with Crippen LogP contribution in [0.25, 0.3) is 0 Å². The molecule has 2 unspecified atom stereocenters. The molecule has 8 heteroatoms. The number of rotatable bonds is 5. The van der Waals surface area contributed by atoms with Gasteiger partial charge in [-0.3, -0.25) is 4.79 Å². The molecule has 7 nitrogen and oxygen atoms in total. The molecule has 30 heavy (non-hydrogen) atoms. The summed E-state index contributed by atoms with van der Waals surface area (Å²) in [6.45, 7) is 0.297. The zero-order valence-corrected chi connectivity index (χ0v) is 17.1. The van der Waals surface area contributed by atoms with Crippen LogP contribution in [0, 0.1) is 0 Å². The van der Waals surface area contributed by atoms with E-state index in [1.54, 1.807) is 0 Å². The number of ether oxygens (including phenoxy) is 2. The summed E-state index contributed by atoms with van der Waals surface area (Å²) in [7, 11) is 0. The highest BCUT2D eigenvalue weighted by Gasteiger charge is 2.27. The monoisotopic (exact) mass is 423 g/mol. The van der Waals surface area contributed by atoms with Gasteiger partial charge >= 0.3 is 0 Å². The predicted molar refractivity (Wildman–Crippen MR) is 111 cm³/mol. The maximum Gasteiger partial charge on any atom is 0.277 e. The lowest BCUT2D eigenvalue weighted by atomic mass is 9.88. The Kier molecular flexibility index (Phi) is 5.31. The number of nitrogens with zero attached hydrogens (tertiary/aromatic N) is 2. The number of nitrogens with one attached hydrogen (secondary N) is 1. The van der Waals surface area contributed by atoms with Crippen molar-refractivity contribution in [2.75, 3.05) is 12.4 Å². The highest BCUT2D eigenvalue weighted by atomic mass is 32.2. The van der Waals surface area contributed by atoms with Gasteiger partial charge in [0.1, 0.15) is 6.61 Å². The number of aryl methyl sites for hydroxylation is 1. The van der Waals surface area contributed by atoms with Crippen molar-refractivity contribution in [1.29, 1.82) is 0 Å². The van der Waals surface area contributed by atoms with E-state index in [2.05, 4.69) is 27.6 Å². The number of carbonyl (C=O) groups excluding carboxylic acids is 1. The zero-order valence-electron chi connectivity index (χ0n) is 16.2. The molecule has 1 N–H and O–H groups in total. The second-order valence-electron chi connectivity index (χ2n) is 7.27. The molecule has 3 aromatic rings. The Hall–Kier alpha value is -3.00. The third-order valence-corrected chi connectivity index (χ3v) is 6.06. The number of carbonyl (C=O) groups is 1. The quantitative estimate of drug-likeness (QED) is 0.624. The minimum absolute atomic E-state index is 0.0485. The summed E-state index contributed by atoms with van der Waals surface area (Å²) in [5, 5.41) is 11.6. The molecular weight excluding hydrogens is 402 g/mol. The number of para-hydroxylation sites is 2. The molecule has 0 spiro atoms. The van der Waals surface area contributed by atoms with E-state index in [0.29, 0.717) is 29.2 Å². The van der Waals surface area contributed by atoms with E-state index in [1.807, 2.05) is 36.4 Å². The molecule has 1 aromatic heterocycles. The Morgan fingerprint density at radius 1 is 1.10 bits per heavy atom. The number of amides is 1. The van der Waals surface area contributed by atoms with Gasteiger partial charge in [-0.05, 0) is 42.5 Å². The van der Waals surface area contributed by atoms with Crippen LogP contribution in [-0.4, -0.2) is 28.5 Å². The fourth-order valence-corrected chi connectivity index (χ4v) is 4.40. The smallest absolute Gasteiger partial charge is 0.277 e. The molecule has 1 amide bonds. The molecule has 0 saturated heterocycles. The lowest BCUT2D eigenvalue weighted by Crippen LogP contribution is -2.32. The van der Waals surface area contributed by atoms with Gasteiger partial charge in [-0.25, -0.2) is 0 Å². The molecule has 2 atom stereocenters. The van der Waals surface area contributed by atoms with Crippen molar-refractivity contribution < 1.29 is 18.7 Å². The lowest BCUT2D eigenvalue weighted by molar-refractivity contribution is -0.119. The van der Waals surface area contributed by atoms with Crippen molar-refractivity contribution in [3.05, 3.63) is 65.5 Å².